The van der Waals surface area contributed by atoms with Crippen molar-refractivity contribution < 1.29 is 31.1 Å². The molecule has 4 atom stereocenters. The molecule has 1 fully saturated rings. The number of nitrogens with zero attached hydrogens (tertiary/aromatic N) is 3. The SMILES string of the molecule is N#CC1CC(NCCF)CC[C@@H]1n1cc(C(N)O)c(Nc2ccc(S(=O)(=O)C(F)(F)F)cc2)n1. The number of nitrogens with one attached hydrogen (secondary N) is 2. The van der Waals surface area contributed by atoms with Crippen molar-refractivity contribution in [3.63, 3.8) is 0 Å². The van der Waals surface area contributed by atoms with Crippen LogP contribution in [0.25, 0.3) is 0 Å². The van der Waals surface area contributed by atoms with Gasteiger partial charge in [0.2, 0.25) is 0 Å². The van der Waals surface area contributed by atoms with Gasteiger partial charge in [-0.15, -0.1) is 0 Å². The lowest BCUT2D eigenvalue weighted by Crippen LogP contribution is -2.39. The fourth-order valence-electron chi connectivity index (χ4n) is 3.93. The maximum atomic E-state index is 12.7. The number of alkyl halides is 4. The number of aliphatic hydroxyl groups is 1. The molecule has 186 valence electrons. The highest BCUT2D eigenvalue weighted by Gasteiger charge is 2.46. The molecule has 9 nitrogen and oxygen atoms in total. The largest absolute Gasteiger partial charge is 0.501 e. The summed E-state index contributed by atoms with van der Waals surface area (Å²) in [6, 6.07) is 5.77. The van der Waals surface area contributed by atoms with Gasteiger partial charge in [-0.3, -0.25) is 4.68 Å². The van der Waals surface area contributed by atoms with E-state index in [2.05, 4.69) is 21.8 Å². The second-order valence-corrected chi connectivity index (χ2v) is 9.85. The van der Waals surface area contributed by atoms with Crippen molar-refractivity contribution in [3.8, 4) is 6.07 Å². The molecule has 1 saturated carbocycles. The number of sulfone groups is 1. The van der Waals surface area contributed by atoms with Gasteiger partial charge in [-0.05, 0) is 43.5 Å². The van der Waals surface area contributed by atoms with Gasteiger partial charge >= 0.3 is 5.51 Å². The molecule has 3 unspecified atom stereocenters. The van der Waals surface area contributed by atoms with E-state index in [0.717, 1.165) is 24.3 Å². The molecule has 0 radical (unpaired) electrons. The molecule has 1 aliphatic carbocycles. The van der Waals surface area contributed by atoms with Gasteiger partial charge in [0.1, 0.15) is 12.9 Å². The lowest BCUT2D eigenvalue weighted by atomic mass is 9.82. The predicted molar refractivity (Wildman–Crippen MR) is 114 cm³/mol. The van der Waals surface area contributed by atoms with Gasteiger partial charge in [0.15, 0.2) is 5.82 Å². The number of aromatic nitrogens is 2. The van der Waals surface area contributed by atoms with Crippen LogP contribution in [0.1, 0.15) is 37.1 Å². The Kier molecular flexibility index (Phi) is 7.81. The van der Waals surface area contributed by atoms with Crippen LogP contribution < -0.4 is 16.4 Å². The Morgan fingerprint density at radius 1 is 1.29 bits per heavy atom. The number of aliphatic hydroxyl groups excluding tert-OH is 1. The third-order valence-corrected chi connectivity index (χ3v) is 7.16. The maximum absolute atomic E-state index is 12.7. The van der Waals surface area contributed by atoms with Crippen molar-refractivity contribution >= 4 is 21.3 Å². The highest BCUT2D eigenvalue weighted by atomic mass is 32.2. The Balaban J connectivity index is 1.82. The average molecular weight is 505 g/mol. The molecular weight excluding hydrogens is 480 g/mol. The zero-order valence-corrected chi connectivity index (χ0v) is 18.7. The van der Waals surface area contributed by atoms with E-state index < -0.39 is 39.1 Å². The summed E-state index contributed by atoms with van der Waals surface area (Å²) in [5.41, 5.74) is 0.604. The molecule has 2 aromatic rings. The van der Waals surface area contributed by atoms with Crippen molar-refractivity contribution in [2.24, 2.45) is 11.7 Å². The van der Waals surface area contributed by atoms with Crippen LogP contribution in [-0.2, 0) is 9.84 Å². The fourth-order valence-corrected chi connectivity index (χ4v) is 4.69. The Morgan fingerprint density at radius 2 is 1.97 bits per heavy atom. The molecule has 0 bridgehead atoms. The van der Waals surface area contributed by atoms with Gasteiger partial charge in [-0.25, -0.2) is 12.8 Å². The van der Waals surface area contributed by atoms with Crippen molar-refractivity contribution in [3.05, 3.63) is 36.0 Å². The monoisotopic (exact) mass is 504 g/mol. The first kappa shape index (κ1) is 25.9. The van der Waals surface area contributed by atoms with Crippen molar-refractivity contribution in [2.75, 3.05) is 18.5 Å². The van der Waals surface area contributed by atoms with E-state index >= 15 is 0 Å². The van der Waals surface area contributed by atoms with E-state index in [1.54, 1.807) is 0 Å². The summed E-state index contributed by atoms with van der Waals surface area (Å²) in [4.78, 5) is -0.912. The van der Waals surface area contributed by atoms with E-state index in [0.29, 0.717) is 19.3 Å². The summed E-state index contributed by atoms with van der Waals surface area (Å²) >= 11 is 0. The second kappa shape index (κ2) is 10.3. The zero-order valence-electron chi connectivity index (χ0n) is 17.8. The average Bonchev–Trinajstić information content (AvgIpc) is 3.21. The molecule has 5 N–H and O–H groups in total. The summed E-state index contributed by atoms with van der Waals surface area (Å²) in [7, 11) is -5.48. The van der Waals surface area contributed by atoms with Crippen LogP contribution in [0.5, 0.6) is 0 Å². The Morgan fingerprint density at radius 3 is 2.53 bits per heavy atom. The van der Waals surface area contributed by atoms with Crippen LogP contribution in [0.2, 0.25) is 0 Å². The van der Waals surface area contributed by atoms with E-state index in [1.807, 2.05) is 0 Å². The van der Waals surface area contributed by atoms with E-state index in [1.165, 1.54) is 10.9 Å². The smallest absolute Gasteiger partial charge is 0.374 e. The standard InChI is InChI=1S/C20H24F4N6O3S/c21-7-8-27-14-3-6-17(12(9-14)10-25)30-11-16(18(26)31)19(29-30)28-13-1-4-15(5-2-13)34(32,33)20(22,23)24/h1-2,4-5,11-12,14,17-18,27,31H,3,6-9,26H2,(H,28,29)/t12?,14?,17-,18?/m0/s1. The lowest BCUT2D eigenvalue weighted by molar-refractivity contribution is -0.0436. The minimum atomic E-state index is -5.48. The Labute approximate surface area is 193 Å². The molecular formula is C20H24F4N6O3S. The van der Waals surface area contributed by atoms with Gasteiger partial charge in [-0.2, -0.15) is 23.5 Å². The maximum Gasteiger partial charge on any atom is 0.501 e. The van der Waals surface area contributed by atoms with Gasteiger partial charge in [0.05, 0.1) is 28.5 Å². The minimum Gasteiger partial charge on any atom is -0.374 e. The van der Waals surface area contributed by atoms with E-state index in [4.69, 9.17) is 5.73 Å². The third kappa shape index (κ3) is 5.49. The number of hydrogen-bond acceptors (Lipinski definition) is 8. The molecule has 0 aliphatic heterocycles. The minimum absolute atomic E-state index is 0.00383. The molecule has 3 rings (SSSR count). The van der Waals surface area contributed by atoms with Crippen LogP contribution in [0, 0.1) is 17.2 Å². The Bertz CT molecular complexity index is 1130. The first-order chi connectivity index (χ1) is 16.0. The quantitative estimate of drug-likeness (QED) is 0.317. The van der Waals surface area contributed by atoms with Crippen LogP contribution in [0.3, 0.4) is 0 Å². The lowest BCUT2D eigenvalue weighted by Gasteiger charge is -2.33. The molecule has 34 heavy (non-hydrogen) atoms. The predicted octanol–water partition coefficient (Wildman–Crippen LogP) is 2.66. The molecule has 0 spiro atoms. The zero-order chi connectivity index (χ0) is 25.1. The number of nitrogens with two attached hydrogens (primary N) is 1. The van der Waals surface area contributed by atoms with Crippen LogP contribution >= 0.6 is 0 Å². The first-order valence-electron chi connectivity index (χ1n) is 10.4. The molecule has 1 aromatic heterocycles. The topological polar surface area (TPSA) is 146 Å². The summed E-state index contributed by atoms with van der Waals surface area (Å²) < 4.78 is 75.2. The second-order valence-electron chi connectivity index (χ2n) is 7.91. The van der Waals surface area contributed by atoms with Crippen LogP contribution in [0.15, 0.2) is 35.4 Å². The number of hydrogen-bond donors (Lipinski definition) is 4. The number of rotatable bonds is 8. The van der Waals surface area contributed by atoms with Crippen LogP contribution in [0.4, 0.5) is 29.1 Å². The third-order valence-electron chi connectivity index (χ3n) is 5.66. The Hall–Kier alpha value is -2.73. The van der Waals surface area contributed by atoms with Gasteiger partial charge in [-0.1, -0.05) is 0 Å². The summed E-state index contributed by atoms with van der Waals surface area (Å²) in [5, 5.41) is 29.8. The van der Waals surface area contributed by atoms with Gasteiger partial charge in [0, 0.05) is 24.5 Å². The normalized spacial score (nSPS) is 22.2. The molecule has 1 aromatic carbocycles. The number of anilines is 2. The van der Waals surface area contributed by atoms with Crippen molar-refractivity contribution in [1.29, 1.82) is 5.26 Å². The number of halogens is 4. The highest BCUT2D eigenvalue weighted by molar-refractivity contribution is 7.92. The molecule has 1 aliphatic rings. The first-order valence-corrected chi connectivity index (χ1v) is 11.9. The van der Waals surface area contributed by atoms with Gasteiger partial charge < -0.3 is 21.5 Å². The molecule has 0 saturated heterocycles. The summed E-state index contributed by atoms with van der Waals surface area (Å²) in [6.07, 6.45) is 1.78. The van der Waals surface area contributed by atoms with E-state index in [9.17, 15) is 36.3 Å². The van der Waals surface area contributed by atoms with Crippen molar-refractivity contribution in [2.45, 2.75) is 48.0 Å². The summed E-state index contributed by atoms with van der Waals surface area (Å²) in [5.74, 6) is -0.330. The molecule has 14 heteroatoms. The summed E-state index contributed by atoms with van der Waals surface area (Å²) in [6.45, 7) is -0.303. The molecule has 0 amide bonds. The van der Waals surface area contributed by atoms with E-state index in [-0.39, 0.29) is 35.7 Å². The number of benzene rings is 1. The number of nitriles is 1. The van der Waals surface area contributed by atoms with Gasteiger partial charge in [0.25, 0.3) is 9.84 Å². The van der Waals surface area contributed by atoms with Crippen LogP contribution in [-0.4, -0.2) is 48.1 Å². The highest BCUT2D eigenvalue weighted by Crippen LogP contribution is 2.36. The fraction of sp³-hybridized carbons (Fsp3) is 0.500. The van der Waals surface area contributed by atoms with Crippen molar-refractivity contribution in [1.82, 2.24) is 15.1 Å². The molecule has 1 heterocycles.